The standard InChI is InChI=1S/C12H18N4O3/c1-7(2)5-6-16-8-9(13-11(16)18)14(3)12(19)15(4)10(8)17/h7H,5-6H2,1-4H3,(H,13,18). The maximum Gasteiger partial charge on any atom is 0.332 e. The van der Waals surface area contributed by atoms with Crippen molar-refractivity contribution in [2.24, 2.45) is 20.0 Å². The van der Waals surface area contributed by atoms with Crippen molar-refractivity contribution in [3.8, 4) is 0 Å². The predicted molar refractivity (Wildman–Crippen MR) is 72.5 cm³/mol. The van der Waals surface area contributed by atoms with E-state index >= 15 is 0 Å². The SMILES string of the molecule is CC(C)CCn1c(=O)[nH]c2c1c(=O)n(C)c(=O)n2C. The molecule has 0 spiro atoms. The Labute approximate surface area is 109 Å². The fraction of sp³-hybridized carbons (Fsp3) is 0.583. The molecule has 19 heavy (non-hydrogen) atoms. The van der Waals surface area contributed by atoms with E-state index in [4.69, 9.17) is 0 Å². The van der Waals surface area contributed by atoms with E-state index in [0.29, 0.717) is 12.5 Å². The molecule has 0 saturated carbocycles. The minimum Gasteiger partial charge on any atom is -0.291 e. The number of aryl methyl sites for hydroxylation is 2. The topological polar surface area (TPSA) is 81.8 Å². The zero-order valence-electron chi connectivity index (χ0n) is 11.6. The largest absolute Gasteiger partial charge is 0.332 e. The maximum atomic E-state index is 12.2. The molecule has 0 bridgehead atoms. The number of aromatic amines is 1. The summed E-state index contributed by atoms with van der Waals surface area (Å²) >= 11 is 0. The van der Waals surface area contributed by atoms with E-state index in [0.717, 1.165) is 11.0 Å². The lowest BCUT2D eigenvalue weighted by Crippen LogP contribution is -2.37. The monoisotopic (exact) mass is 266 g/mol. The van der Waals surface area contributed by atoms with Crippen LogP contribution in [-0.4, -0.2) is 18.7 Å². The number of hydrogen-bond acceptors (Lipinski definition) is 3. The van der Waals surface area contributed by atoms with Gasteiger partial charge in [-0.25, -0.2) is 9.59 Å². The van der Waals surface area contributed by atoms with E-state index in [1.165, 1.54) is 23.2 Å². The molecule has 0 amide bonds. The molecule has 1 N–H and O–H groups in total. The number of aromatic nitrogens is 4. The van der Waals surface area contributed by atoms with Crippen LogP contribution in [0.15, 0.2) is 14.4 Å². The second-order valence-electron chi connectivity index (χ2n) is 5.17. The molecule has 0 saturated heterocycles. The maximum absolute atomic E-state index is 12.2. The highest BCUT2D eigenvalue weighted by Crippen LogP contribution is 2.06. The summed E-state index contributed by atoms with van der Waals surface area (Å²) in [6, 6.07) is 0. The van der Waals surface area contributed by atoms with Gasteiger partial charge in [-0.15, -0.1) is 0 Å². The second-order valence-corrected chi connectivity index (χ2v) is 5.17. The van der Waals surface area contributed by atoms with Crippen LogP contribution in [0, 0.1) is 5.92 Å². The summed E-state index contributed by atoms with van der Waals surface area (Å²) in [5.41, 5.74) is -0.707. The van der Waals surface area contributed by atoms with Crippen LogP contribution < -0.4 is 16.9 Å². The molecule has 0 fully saturated rings. The molecule has 0 radical (unpaired) electrons. The van der Waals surface area contributed by atoms with Crippen LogP contribution in [0.4, 0.5) is 0 Å². The molecule has 2 aromatic heterocycles. The zero-order chi connectivity index (χ0) is 14.3. The lowest BCUT2D eigenvalue weighted by atomic mass is 10.1. The minimum atomic E-state index is -0.449. The summed E-state index contributed by atoms with van der Waals surface area (Å²) in [6.07, 6.45) is 0.791. The van der Waals surface area contributed by atoms with Crippen LogP contribution in [0.1, 0.15) is 20.3 Å². The lowest BCUT2D eigenvalue weighted by molar-refractivity contribution is 0.514. The van der Waals surface area contributed by atoms with E-state index in [-0.39, 0.29) is 16.9 Å². The van der Waals surface area contributed by atoms with E-state index in [1.807, 2.05) is 13.8 Å². The van der Waals surface area contributed by atoms with E-state index < -0.39 is 11.2 Å². The fourth-order valence-corrected chi connectivity index (χ4v) is 2.08. The molecule has 0 aliphatic carbocycles. The molecule has 104 valence electrons. The fourth-order valence-electron chi connectivity index (χ4n) is 2.08. The predicted octanol–water partition coefficient (Wildman–Crippen LogP) is -0.227. The molecule has 2 heterocycles. The first-order valence-corrected chi connectivity index (χ1v) is 6.23. The molecule has 2 aromatic rings. The van der Waals surface area contributed by atoms with E-state index in [2.05, 4.69) is 4.98 Å². The first-order chi connectivity index (χ1) is 8.84. The van der Waals surface area contributed by atoms with Crippen molar-refractivity contribution in [2.75, 3.05) is 0 Å². The van der Waals surface area contributed by atoms with Gasteiger partial charge in [0.15, 0.2) is 5.52 Å². The number of hydrogen-bond donors (Lipinski definition) is 1. The van der Waals surface area contributed by atoms with Crippen molar-refractivity contribution >= 4 is 11.2 Å². The Morgan fingerprint density at radius 1 is 1.11 bits per heavy atom. The van der Waals surface area contributed by atoms with Crippen LogP contribution in [0.3, 0.4) is 0 Å². The smallest absolute Gasteiger partial charge is 0.291 e. The highest BCUT2D eigenvalue weighted by molar-refractivity contribution is 5.69. The number of nitrogens with one attached hydrogen (secondary N) is 1. The first kappa shape index (κ1) is 13.4. The molecule has 7 heteroatoms. The Morgan fingerprint density at radius 3 is 2.32 bits per heavy atom. The second kappa shape index (κ2) is 4.56. The Bertz CT molecular complexity index is 788. The van der Waals surface area contributed by atoms with Gasteiger partial charge in [-0.2, -0.15) is 0 Å². The molecule has 0 aromatic carbocycles. The van der Waals surface area contributed by atoms with Crippen molar-refractivity contribution in [1.82, 2.24) is 18.7 Å². The Morgan fingerprint density at radius 2 is 1.74 bits per heavy atom. The van der Waals surface area contributed by atoms with Gasteiger partial charge in [0.2, 0.25) is 0 Å². The molecule has 2 rings (SSSR count). The van der Waals surface area contributed by atoms with Crippen molar-refractivity contribution in [1.29, 1.82) is 0 Å². The van der Waals surface area contributed by atoms with Gasteiger partial charge in [0.1, 0.15) is 5.65 Å². The van der Waals surface area contributed by atoms with Crippen molar-refractivity contribution < 1.29 is 0 Å². The van der Waals surface area contributed by atoms with Crippen LogP contribution in [0.5, 0.6) is 0 Å². The van der Waals surface area contributed by atoms with Crippen LogP contribution in [-0.2, 0) is 20.6 Å². The van der Waals surface area contributed by atoms with Gasteiger partial charge in [0.25, 0.3) is 5.56 Å². The number of fused-ring (bicyclic) bond motifs is 1. The average molecular weight is 266 g/mol. The Balaban J connectivity index is 2.80. The molecular formula is C12H18N4O3. The summed E-state index contributed by atoms with van der Waals surface area (Å²) in [7, 11) is 2.95. The Kier molecular flexibility index (Phi) is 3.21. The van der Waals surface area contributed by atoms with Gasteiger partial charge in [0.05, 0.1) is 0 Å². The number of imidazole rings is 1. The third-order valence-electron chi connectivity index (χ3n) is 3.31. The summed E-state index contributed by atoms with van der Waals surface area (Å²) in [4.78, 5) is 38.4. The van der Waals surface area contributed by atoms with E-state index in [9.17, 15) is 14.4 Å². The average Bonchev–Trinajstić information content (AvgIpc) is 2.68. The summed E-state index contributed by atoms with van der Waals surface area (Å²) in [6.45, 7) is 4.56. The van der Waals surface area contributed by atoms with Gasteiger partial charge in [-0.05, 0) is 12.3 Å². The lowest BCUT2D eigenvalue weighted by Gasteiger charge is -2.07. The molecule has 0 unspecified atom stereocenters. The van der Waals surface area contributed by atoms with Gasteiger partial charge in [-0.1, -0.05) is 13.8 Å². The molecule has 7 nitrogen and oxygen atoms in total. The van der Waals surface area contributed by atoms with E-state index in [1.54, 1.807) is 0 Å². The third kappa shape index (κ3) is 2.05. The number of rotatable bonds is 3. The van der Waals surface area contributed by atoms with Crippen LogP contribution >= 0.6 is 0 Å². The highest BCUT2D eigenvalue weighted by atomic mass is 16.2. The van der Waals surface area contributed by atoms with Crippen molar-refractivity contribution in [2.45, 2.75) is 26.8 Å². The van der Waals surface area contributed by atoms with Crippen LogP contribution in [0.2, 0.25) is 0 Å². The normalized spacial score (nSPS) is 11.6. The highest BCUT2D eigenvalue weighted by Gasteiger charge is 2.16. The summed E-state index contributed by atoms with van der Waals surface area (Å²) in [5, 5.41) is 0. The third-order valence-corrected chi connectivity index (χ3v) is 3.31. The zero-order valence-corrected chi connectivity index (χ0v) is 11.6. The molecule has 0 aliphatic rings. The summed E-state index contributed by atoms with van der Waals surface area (Å²) in [5.74, 6) is 0.424. The minimum absolute atomic E-state index is 0.259. The molecule has 0 aliphatic heterocycles. The number of nitrogens with zero attached hydrogens (tertiary/aromatic N) is 3. The Hall–Kier alpha value is -2.05. The van der Waals surface area contributed by atoms with Gasteiger partial charge in [-0.3, -0.25) is 23.5 Å². The number of H-pyrrole nitrogens is 1. The van der Waals surface area contributed by atoms with Gasteiger partial charge >= 0.3 is 11.4 Å². The summed E-state index contributed by atoms with van der Waals surface area (Å²) < 4.78 is 3.71. The quantitative estimate of drug-likeness (QED) is 0.833. The molecular weight excluding hydrogens is 248 g/mol. The first-order valence-electron chi connectivity index (χ1n) is 6.23. The van der Waals surface area contributed by atoms with Crippen molar-refractivity contribution in [3.63, 3.8) is 0 Å². The van der Waals surface area contributed by atoms with Gasteiger partial charge < -0.3 is 0 Å². The van der Waals surface area contributed by atoms with Crippen LogP contribution in [0.25, 0.3) is 11.2 Å². The van der Waals surface area contributed by atoms with Gasteiger partial charge in [0, 0.05) is 20.6 Å². The van der Waals surface area contributed by atoms with Crippen molar-refractivity contribution in [3.05, 3.63) is 31.3 Å². The molecule has 0 atom stereocenters.